The molecular formula is C17H22N2O5. The molecule has 0 aliphatic heterocycles. The molecule has 1 N–H and O–H groups in total. The van der Waals surface area contributed by atoms with Gasteiger partial charge in [-0.2, -0.15) is 5.26 Å². The van der Waals surface area contributed by atoms with E-state index in [9.17, 15) is 4.79 Å². The van der Waals surface area contributed by atoms with Crippen LogP contribution >= 0.6 is 0 Å². The van der Waals surface area contributed by atoms with Crippen molar-refractivity contribution in [2.45, 2.75) is 32.3 Å². The van der Waals surface area contributed by atoms with Gasteiger partial charge in [0.05, 0.1) is 33.8 Å². The number of nitrogens with one attached hydrogen (secondary N) is 1. The van der Waals surface area contributed by atoms with Crippen LogP contribution in [0, 0.1) is 16.7 Å². The van der Waals surface area contributed by atoms with Gasteiger partial charge in [-0.3, -0.25) is 4.79 Å². The Labute approximate surface area is 141 Å². The molecule has 0 aromatic heterocycles. The van der Waals surface area contributed by atoms with Crippen LogP contribution in [-0.2, 0) is 9.53 Å². The predicted octanol–water partition coefficient (Wildman–Crippen LogP) is 3.03. The topological polar surface area (TPSA) is 102 Å². The minimum absolute atomic E-state index is 0.0898. The van der Waals surface area contributed by atoms with Crippen LogP contribution < -0.4 is 14.2 Å². The van der Waals surface area contributed by atoms with Crippen LogP contribution in [0.4, 0.5) is 0 Å². The highest BCUT2D eigenvalue weighted by atomic mass is 16.5. The maximum Gasteiger partial charge on any atom is 0.312 e. The molecule has 1 aromatic rings. The molecule has 1 aromatic carbocycles. The average Bonchev–Trinajstić information content (AvgIpc) is 2.56. The van der Waals surface area contributed by atoms with Gasteiger partial charge >= 0.3 is 5.97 Å². The van der Waals surface area contributed by atoms with Crippen LogP contribution in [0.3, 0.4) is 0 Å². The first-order valence-corrected chi connectivity index (χ1v) is 7.37. The van der Waals surface area contributed by atoms with Crippen molar-refractivity contribution in [1.82, 2.24) is 0 Å². The van der Waals surface area contributed by atoms with E-state index >= 15 is 0 Å². The van der Waals surface area contributed by atoms with Crippen LogP contribution in [0.2, 0.25) is 0 Å². The number of methoxy groups -OCH3 is 3. The number of hydrogen-bond donors (Lipinski definition) is 1. The first-order chi connectivity index (χ1) is 11.5. The molecule has 7 heteroatoms. The molecule has 0 aliphatic rings. The number of carbonyl (C=O) groups excluding carboxylic acids is 1. The number of benzene rings is 1. The summed E-state index contributed by atoms with van der Waals surface area (Å²) in [6.07, 6.45) is -0.172. The van der Waals surface area contributed by atoms with E-state index in [0.717, 1.165) is 0 Å². The highest BCUT2D eigenvalue weighted by Crippen LogP contribution is 2.41. The number of nitrogens with zero attached hydrogens (tertiary/aromatic N) is 1. The summed E-state index contributed by atoms with van der Waals surface area (Å²) >= 11 is 0. The molecule has 0 amide bonds. The highest BCUT2D eigenvalue weighted by Gasteiger charge is 2.22. The van der Waals surface area contributed by atoms with E-state index in [0.29, 0.717) is 29.2 Å². The molecule has 0 aliphatic carbocycles. The van der Waals surface area contributed by atoms with Crippen molar-refractivity contribution >= 4 is 11.7 Å². The van der Waals surface area contributed by atoms with Gasteiger partial charge in [0.1, 0.15) is 6.10 Å². The van der Waals surface area contributed by atoms with E-state index in [1.807, 2.05) is 6.07 Å². The summed E-state index contributed by atoms with van der Waals surface area (Å²) in [6.45, 7) is 1.53. The lowest BCUT2D eigenvalue weighted by Gasteiger charge is -2.20. The third-order valence-corrected chi connectivity index (χ3v) is 3.26. The number of ether oxygens (including phenoxy) is 4. The van der Waals surface area contributed by atoms with Gasteiger partial charge in [-0.15, -0.1) is 0 Å². The van der Waals surface area contributed by atoms with E-state index < -0.39 is 12.1 Å². The Balaban J connectivity index is 3.19. The maximum atomic E-state index is 11.9. The van der Waals surface area contributed by atoms with Crippen molar-refractivity contribution in [2.24, 2.45) is 0 Å². The summed E-state index contributed by atoms with van der Waals surface area (Å²) in [5.41, 5.74) is 0.847. The highest BCUT2D eigenvalue weighted by molar-refractivity contribution is 5.95. The smallest absolute Gasteiger partial charge is 0.312 e. The minimum Gasteiger partial charge on any atom is -0.493 e. The standard InChI is InChI=1S/C17H22N2O5/c1-11(19)8-16(20)24-13(6-5-7-18)12-9-14(21-2)17(23-4)15(10-12)22-3/h9-10,13,19H,5-6,8H2,1-4H3. The van der Waals surface area contributed by atoms with Crippen molar-refractivity contribution in [3.05, 3.63) is 17.7 Å². The lowest BCUT2D eigenvalue weighted by molar-refractivity contribution is -0.148. The van der Waals surface area contributed by atoms with Gasteiger partial charge in [-0.05, 0) is 19.1 Å². The summed E-state index contributed by atoms with van der Waals surface area (Å²) in [6, 6.07) is 5.42. The summed E-state index contributed by atoms with van der Waals surface area (Å²) in [5.74, 6) is 0.796. The number of esters is 1. The van der Waals surface area contributed by atoms with Gasteiger partial charge in [-0.25, -0.2) is 0 Å². The SMILES string of the molecule is COc1cc(C(CCC#N)OC(=O)CC(C)=N)cc(OC)c1OC. The molecule has 0 bridgehead atoms. The second-order valence-corrected chi connectivity index (χ2v) is 5.09. The first kappa shape index (κ1) is 19.3. The molecule has 0 spiro atoms. The molecule has 0 radical (unpaired) electrons. The molecule has 130 valence electrons. The third kappa shape index (κ3) is 5.16. The number of hydrogen-bond acceptors (Lipinski definition) is 7. The molecule has 0 saturated heterocycles. The number of rotatable bonds is 9. The lowest BCUT2D eigenvalue weighted by atomic mass is 10.0. The summed E-state index contributed by atoms with van der Waals surface area (Å²) < 4.78 is 21.3. The molecule has 1 rings (SSSR count). The zero-order valence-corrected chi connectivity index (χ0v) is 14.3. The quantitative estimate of drug-likeness (QED) is 0.550. The molecule has 1 atom stereocenters. The third-order valence-electron chi connectivity index (χ3n) is 3.26. The monoisotopic (exact) mass is 334 g/mol. The fourth-order valence-electron chi connectivity index (χ4n) is 2.19. The predicted molar refractivity (Wildman–Crippen MR) is 87.8 cm³/mol. The van der Waals surface area contributed by atoms with Gasteiger partial charge in [0.25, 0.3) is 0 Å². The van der Waals surface area contributed by atoms with E-state index in [4.69, 9.17) is 29.6 Å². The minimum atomic E-state index is -0.634. The van der Waals surface area contributed by atoms with Crippen molar-refractivity contribution in [3.63, 3.8) is 0 Å². The summed E-state index contributed by atoms with van der Waals surface area (Å²) in [4.78, 5) is 11.9. The summed E-state index contributed by atoms with van der Waals surface area (Å²) in [7, 11) is 4.49. The van der Waals surface area contributed by atoms with Crippen molar-refractivity contribution in [1.29, 1.82) is 10.7 Å². The molecule has 7 nitrogen and oxygen atoms in total. The number of carbonyl (C=O) groups is 1. The van der Waals surface area contributed by atoms with E-state index in [2.05, 4.69) is 0 Å². The molecule has 24 heavy (non-hydrogen) atoms. The molecule has 0 saturated carbocycles. The zero-order valence-electron chi connectivity index (χ0n) is 14.3. The lowest BCUT2D eigenvalue weighted by Crippen LogP contribution is -2.14. The fourth-order valence-corrected chi connectivity index (χ4v) is 2.19. The van der Waals surface area contributed by atoms with Crippen molar-refractivity contribution in [3.8, 4) is 23.3 Å². The van der Waals surface area contributed by atoms with Crippen LogP contribution in [0.15, 0.2) is 12.1 Å². The van der Waals surface area contributed by atoms with Gasteiger partial charge in [-0.1, -0.05) is 0 Å². The molecule has 1 unspecified atom stereocenters. The molecule has 0 heterocycles. The van der Waals surface area contributed by atoms with Crippen LogP contribution in [-0.4, -0.2) is 33.0 Å². The van der Waals surface area contributed by atoms with Gasteiger partial charge < -0.3 is 24.4 Å². The second-order valence-electron chi connectivity index (χ2n) is 5.09. The molecule has 0 fully saturated rings. The Morgan fingerprint density at radius 1 is 1.21 bits per heavy atom. The Morgan fingerprint density at radius 3 is 2.21 bits per heavy atom. The largest absolute Gasteiger partial charge is 0.493 e. The average molecular weight is 334 g/mol. The van der Waals surface area contributed by atoms with Gasteiger partial charge in [0.2, 0.25) is 5.75 Å². The first-order valence-electron chi connectivity index (χ1n) is 7.37. The van der Waals surface area contributed by atoms with Crippen molar-refractivity contribution in [2.75, 3.05) is 21.3 Å². The Bertz CT molecular complexity index is 611. The fraction of sp³-hybridized carbons (Fsp3) is 0.471. The Morgan fingerprint density at radius 2 is 1.79 bits per heavy atom. The Hall–Kier alpha value is -2.75. The van der Waals surface area contributed by atoms with Crippen LogP contribution in [0.1, 0.15) is 37.9 Å². The Kier molecular flexibility index (Phi) is 7.56. The van der Waals surface area contributed by atoms with E-state index in [1.54, 1.807) is 12.1 Å². The van der Waals surface area contributed by atoms with Crippen LogP contribution in [0.5, 0.6) is 17.2 Å². The van der Waals surface area contributed by atoms with Crippen molar-refractivity contribution < 1.29 is 23.7 Å². The summed E-state index contributed by atoms with van der Waals surface area (Å²) in [5, 5.41) is 16.2. The van der Waals surface area contributed by atoms with Crippen LogP contribution in [0.25, 0.3) is 0 Å². The molecular weight excluding hydrogens is 312 g/mol. The van der Waals surface area contributed by atoms with E-state index in [-0.39, 0.29) is 18.6 Å². The normalized spacial score (nSPS) is 11.1. The van der Waals surface area contributed by atoms with E-state index in [1.165, 1.54) is 28.3 Å². The second kappa shape index (κ2) is 9.40. The zero-order chi connectivity index (χ0) is 18.1. The maximum absolute atomic E-state index is 11.9. The van der Waals surface area contributed by atoms with Gasteiger partial charge in [0, 0.05) is 24.1 Å². The van der Waals surface area contributed by atoms with Gasteiger partial charge in [0.15, 0.2) is 11.5 Å². The number of nitriles is 1.